The molecule has 0 saturated carbocycles. The number of carboxylic acids is 1. The summed E-state index contributed by atoms with van der Waals surface area (Å²) in [5.41, 5.74) is -0.203. The highest BCUT2D eigenvalue weighted by Gasteiger charge is 2.24. The number of carbonyl (C=O) groups is 2. The van der Waals surface area contributed by atoms with Crippen molar-refractivity contribution in [1.29, 1.82) is 0 Å². The van der Waals surface area contributed by atoms with Gasteiger partial charge in [0.05, 0.1) is 11.3 Å². The molecule has 0 bridgehead atoms. The molecule has 0 unspecified atom stereocenters. The highest BCUT2D eigenvalue weighted by molar-refractivity contribution is 6.01. The van der Waals surface area contributed by atoms with Crippen molar-refractivity contribution < 1.29 is 23.8 Å². The molecule has 2 rings (SSSR count). The third kappa shape index (κ3) is 2.65. The maximum absolute atomic E-state index is 13.1. The molecule has 1 saturated heterocycles. The van der Waals surface area contributed by atoms with E-state index in [4.69, 9.17) is 9.84 Å². The largest absolute Gasteiger partial charge is 0.478 e. The molecule has 6 heteroatoms. The number of hydrogen-bond donors (Lipinski definition) is 2. The number of ether oxygens (including phenoxy) is 1. The second-order valence-corrected chi connectivity index (χ2v) is 3.99. The summed E-state index contributed by atoms with van der Waals surface area (Å²) >= 11 is 0. The standard InChI is InChI=1S/C12H12FNO4/c13-7-3-4-8(12(16)17)9(6-7)14-11(15)10-2-1-5-18-10/h3-4,6,10H,1-2,5H2,(H,14,15)(H,16,17)/t10-/m1/s1. The topological polar surface area (TPSA) is 75.6 Å². The first-order valence-corrected chi connectivity index (χ1v) is 5.53. The van der Waals surface area contributed by atoms with Gasteiger partial charge < -0.3 is 15.2 Å². The van der Waals surface area contributed by atoms with E-state index in [0.29, 0.717) is 13.0 Å². The number of carbonyl (C=O) groups excluding carboxylic acids is 1. The second-order valence-electron chi connectivity index (χ2n) is 3.99. The summed E-state index contributed by atoms with van der Waals surface area (Å²) in [6.45, 7) is 0.507. The Morgan fingerprint density at radius 3 is 2.83 bits per heavy atom. The van der Waals surface area contributed by atoms with Gasteiger partial charge in [0, 0.05) is 6.61 Å². The molecule has 1 aromatic rings. The van der Waals surface area contributed by atoms with Crippen LogP contribution in [0.1, 0.15) is 23.2 Å². The first-order chi connectivity index (χ1) is 8.58. The van der Waals surface area contributed by atoms with Crippen LogP contribution in [0.2, 0.25) is 0 Å². The molecule has 96 valence electrons. The Morgan fingerprint density at radius 2 is 2.22 bits per heavy atom. The van der Waals surface area contributed by atoms with E-state index < -0.39 is 23.8 Å². The lowest BCUT2D eigenvalue weighted by Crippen LogP contribution is -2.27. The van der Waals surface area contributed by atoms with Crippen LogP contribution in [0.3, 0.4) is 0 Å². The van der Waals surface area contributed by atoms with Gasteiger partial charge in [0.15, 0.2) is 0 Å². The molecule has 1 fully saturated rings. The number of aromatic carboxylic acids is 1. The van der Waals surface area contributed by atoms with Crippen LogP contribution in [-0.2, 0) is 9.53 Å². The number of anilines is 1. The molecular formula is C12H12FNO4. The Bertz CT molecular complexity index is 483. The molecule has 5 nitrogen and oxygen atoms in total. The quantitative estimate of drug-likeness (QED) is 0.858. The van der Waals surface area contributed by atoms with Crippen molar-refractivity contribution >= 4 is 17.6 Å². The second kappa shape index (κ2) is 5.14. The minimum Gasteiger partial charge on any atom is -0.478 e. The summed E-state index contributed by atoms with van der Waals surface area (Å²) in [6, 6.07) is 3.13. The van der Waals surface area contributed by atoms with E-state index in [1.54, 1.807) is 0 Å². The molecule has 1 aliphatic rings. The predicted molar refractivity (Wildman–Crippen MR) is 61.0 cm³/mol. The average molecular weight is 253 g/mol. The van der Waals surface area contributed by atoms with Gasteiger partial charge in [0.2, 0.25) is 0 Å². The van der Waals surface area contributed by atoms with E-state index in [-0.39, 0.29) is 11.3 Å². The van der Waals surface area contributed by atoms with Gasteiger partial charge in [-0.25, -0.2) is 9.18 Å². The Kier molecular flexibility index (Phi) is 3.57. The number of rotatable bonds is 3. The van der Waals surface area contributed by atoms with Crippen molar-refractivity contribution in [3.05, 3.63) is 29.6 Å². The lowest BCUT2D eigenvalue weighted by molar-refractivity contribution is -0.124. The van der Waals surface area contributed by atoms with Crippen LogP contribution in [0, 0.1) is 5.82 Å². The minimum atomic E-state index is -1.22. The summed E-state index contributed by atoms with van der Waals surface area (Å²) in [5.74, 6) is -2.28. The summed E-state index contributed by atoms with van der Waals surface area (Å²) in [6.07, 6.45) is 0.784. The summed E-state index contributed by atoms with van der Waals surface area (Å²) in [4.78, 5) is 22.7. The van der Waals surface area contributed by atoms with E-state index >= 15 is 0 Å². The van der Waals surface area contributed by atoms with Crippen molar-refractivity contribution in [2.75, 3.05) is 11.9 Å². The summed E-state index contributed by atoms with van der Waals surface area (Å²) in [5, 5.41) is 11.3. The van der Waals surface area contributed by atoms with Gasteiger partial charge in [-0.2, -0.15) is 0 Å². The number of amides is 1. The van der Waals surface area contributed by atoms with Crippen molar-refractivity contribution in [1.82, 2.24) is 0 Å². The van der Waals surface area contributed by atoms with E-state index in [2.05, 4.69) is 5.32 Å². The normalized spacial score (nSPS) is 18.6. The smallest absolute Gasteiger partial charge is 0.337 e. The van der Waals surface area contributed by atoms with Crippen LogP contribution >= 0.6 is 0 Å². The molecule has 1 amide bonds. The van der Waals surface area contributed by atoms with Crippen LogP contribution in [0.5, 0.6) is 0 Å². The lowest BCUT2D eigenvalue weighted by atomic mass is 10.1. The molecule has 2 N–H and O–H groups in total. The van der Waals surface area contributed by atoms with Gasteiger partial charge >= 0.3 is 5.97 Å². The van der Waals surface area contributed by atoms with Gasteiger partial charge in [0.25, 0.3) is 5.91 Å². The van der Waals surface area contributed by atoms with Gasteiger partial charge in [-0.15, -0.1) is 0 Å². The Hall–Kier alpha value is -1.95. The molecule has 0 radical (unpaired) electrons. The molecule has 1 atom stereocenters. The summed E-state index contributed by atoms with van der Waals surface area (Å²) in [7, 11) is 0. The number of halogens is 1. The van der Waals surface area contributed by atoms with Crippen LogP contribution in [0.15, 0.2) is 18.2 Å². The maximum atomic E-state index is 13.1. The van der Waals surface area contributed by atoms with Crippen molar-refractivity contribution in [2.24, 2.45) is 0 Å². The SMILES string of the molecule is O=C(O)c1ccc(F)cc1NC(=O)[C@H]1CCCO1. The molecular weight excluding hydrogens is 241 g/mol. The Labute approximate surface area is 103 Å². The van der Waals surface area contributed by atoms with Crippen LogP contribution < -0.4 is 5.32 Å². The van der Waals surface area contributed by atoms with Gasteiger partial charge in [-0.05, 0) is 31.0 Å². The summed E-state index contributed by atoms with van der Waals surface area (Å²) < 4.78 is 18.2. The zero-order valence-electron chi connectivity index (χ0n) is 9.48. The fraction of sp³-hybridized carbons (Fsp3) is 0.333. The third-order valence-electron chi connectivity index (χ3n) is 2.69. The van der Waals surface area contributed by atoms with Crippen molar-refractivity contribution in [3.63, 3.8) is 0 Å². The molecule has 1 aliphatic heterocycles. The average Bonchev–Trinajstić information content (AvgIpc) is 2.81. The maximum Gasteiger partial charge on any atom is 0.337 e. The van der Waals surface area contributed by atoms with Crippen molar-refractivity contribution in [3.8, 4) is 0 Å². The number of benzene rings is 1. The highest BCUT2D eigenvalue weighted by atomic mass is 19.1. The highest BCUT2D eigenvalue weighted by Crippen LogP contribution is 2.20. The van der Waals surface area contributed by atoms with Crippen LogP contribution in [0.4, 0.5) is 10.1 Å². The van der Waals surface area contributed by atoms with E-state index in [0.717, 1.165) is 24.6 Å². The first-order valence-electron chi connectivity index (χ1n) is 5.53. The van der Waals surface area contributed by atoms with E-state index in [1.165, 1.54) is 0 Å². The number of hydrogen-bond acceptors (Lipinski definition) is 3. The number of carboxylic acid groups (broad SMARTS) is 1. The zero-order chi connectivity index (χ0) is 13.1. The minimum absolute atomic E-state index is 0.0528. The van der Waals surface area contributed by atoms with Crippen LogP contribution in [-0.4, -0.2) is 29.7 Å². The van der Waals surface area contributed by atoms with Gasteiger partial charge in [-0.1, -0.05) is 0 Å². The monoisotopic (exact) mass is 253 g/mol. The zero-order valence-corrected chi connectivity index (χ0v) is 9.48. The fourth-order valence-electron chi connectivity index (χ4n) is 1.80. The molecule has 18 heavy (non-hydrogen) atoms. The Balaban J connectivity index is 2.19. The molecule has 1 aromatic carbocycles. The van der Waals surface area contributed by atoms with E-state index in [9.17, 15) is 14.0 Å². The first kappa shape index (κ1) is 12.5. The van der Waals surface area contributed by atoms with Crippen molar-refractivity contribution in [2.45, 2.75) is 18.9 Å². The fourth-order valence-corrected chi connectivity index (χ4v) is 1.80. The molecule has 1 heterocycles. The molecule has 0 spiro atoms. The molecule has 0 aliphatic carbocycles. The predicted octanol–water partition coefficient (Wildman–Crippen LogP) is 1.64. The number of nitrogens with one attached hydrogen (secondary N) is 1. The third-order valence-corrected chi connectivity index (χ3v) is 2.69. The van der Waals surface area contributed by atoms with Gasteiger partial charge in [0.1, 0.15) is 11.9 Å². The lowest BCUT2D eigenvalue weighted by Gasteiger charge is -2.12. The Morgan fingerprint density at radius 1 is 1.44 bits per heavy atom. The van der Waals surface area contributed by atoms with E-state index in [1.807, 2.05) is 0 Å². The molecule has 0 aromatic heterocycles. The van der Waals surface area contributed by atoms with Gasteiger partial charge in [-0.3, -0.25) is 4.79 Å². The van der Waals surface area contributed by atoms with Crippen LogP contribution in [0.25, 0.3) is 0 Å².